The fourth-order valence-electron chi connectivity index (χ4n) is 1.83. The molecule has 1 heterocycles. The Morgan fingerprint density at radius 2 is 1.81 bits per heavy atom. The van der Waals surface area contributed by atoms with Crippen LogP contribution in [0.4, 0.5) is 4.39 Å². The van der Waals surface area contributed by atoms with E-state index in [1.54, 1.807) is 35.0 Å². The molecule has 0 amide bonds. The van der Waals surface area contributed by atoms with E-state index in [0.29, 0.717) is 18.3 Å². The van der Waals surface area contributed by atoms with E-state index in [-0.39, 0.29) is 5.82 Å². The van der Waals surface area contributed by atoms with Gasteiger partial charge in [0.15, 0.2) is 0 Å². The Morgan fingerprint density at radius 1 is 1.14 bits per heavy atom. The van der Waals surface area contributed by atoms with Gasteiger partial charge >= 0.3 is 5.97 Å². The van der Waals surface area contributed by atoms with Gasteiger partial charge in [0, 0.05) is 18.8 Å². The molecule has 0 fully saturated rings. The Bertz CT molecular complexity index is 701. The average molecular weight is 289 g/mol. The Kier molecular flexibility index (Phi) is 4.18. The molecule has 108 valence electrons. The zero-order valence-corrected chi connectivity index (χ0v) is 10.9. The van der Waals surface area contributed by atoms with Crippen LogP contribution in [-0.4, -0.2) is 26.5 Å². The Hall–Kier alpha value is -2.89. The minimum absolute atomic E-state index is 0.300. The molecule has 21 heavy (non-hydrogen) atoms. The second kappa shape index (κ2) is 6.04. The first-order valence-corrected chi connectivity index (χ1v) is 6.05. The summed E-state index contributed by atoms with van der Waals surface area (Å²) in [5.74, 6) is -3.63. The van der Waals surface area contributed by atoms with Crippen LogP contribution in [0.2, 0.25) is 0 Å². The van der Waals surface area contributed by atoms with E-state index < -0.39 is 17.5 Å². The fourth-order valence-corrected chi connectivity index (χ4v) is 1.83. The predicted octanol–water partition coefficient (Wildman–Crippen LogP) is 2.23. The van der Waals surface area contributed by atoms with Crippen molar-refractivity contribution in [3.05, 3.63) is 65.7 Å². The lowest BCUT2D eigenvalue weighted by molar-refractivity contribution is -0.146. The largest absolute Gasteiger partial charge is 0.506 e. The molecule has 0 saturated carbocycles. The Morgan fingerprint density at radius 3 is 2.43 bits per heavy atom. The lowest BCUT2D eigenvalue weighted by Gasteiger charge is -2.08. The maximum atomic E-state index is 12.8. The van der Waals surface area contributed by atoms with Crippen LogP contribution in [0.1, 0.15) is 11.3 Å². The molecule has 0 aliphatic carbocycles. The topological polar surface area (TPSA) is 79.5 Å². The first-order chi connectivity index (χ1) is 9.97. The summed E-state index contributed by atoms with van der Waals surface area (Å²) in [7, 11) is 0. The van der Waals surface area contributed by atoms with E-state index in [4.69, 9.17) is 5.11 Å². The molecule has 2 N–H and O–H groups in total. The van der Waals surface area contributed by atoms with E-state index in [0.717, 1.165) is 5.56 Å². The first kappa shape index (κ1) is 14.5. The summed E-state index contributed by atoms with van der Waals surface area (Å²) in [4.78, 5) is 21.5. The van der Waals surface area contributed by atoms with Gasteiger partial charge in [0.25, 0.3) is 5.78 Å². The number of carbonyl (C=O) groups excluding carboxylic acids is 1. The monoisotopic (exact) mass is 289 g/mol. The highest BCUT2D eigenvalue weighted by molar-refractivity contribution is 6.38. The molecule has 0 spiro atoms. The van der Waals surface area contributed by atoms with Crippen molar-refractivity contribution in [3.63, 3.8) is 0 Å². The van der Waals surface area contributed by atoms with Crippen molar-refractivity contribution in [2.45, 2.75) is 6.54 Å². The molecule has 1 aromatic carbocycles. The highest BCUT2D eigenvalue weighted by Crippen LogP contribution is 2.15. The molecular weight excluding hydrogens is 277 g/mol. The molecular formula is C15H12FNO4. The number of hydrogen-bond donors (Lipinski definition) is 2. The summed E-state index contributed by atoms with van der Waals surface area (Å²) >= 11 is 0. The van der Waals surface area contributed by atoms with Crippen molar-refractivity contribution in [3.8, 4) is 0 Å². The van der Waals surface area contributed by atoms with Gasteiger partial charge in [-0.3, -0.25) is 4.79 Å². The second-order valence-corrected chi connectivity index (χ2v) is 4.35. The first-order valence-electron chi connectivity index (χ1n) is 6.05. The highest BCUT2D eigenvalue weighted by Gasteiger charge is 2.13. The number of carbonyl (C=O) groups is 2. The number of hydrogen-bond acceptors (Lipinski definition) is 3. The van der Waals surface area contributed by atoms with E-state index >= 15 is 0 Å². The van der Waals surface area contributed by atoms with Gasteiger partial charge in [-0.05, 0) is 29.8 Å². The van der Waals surface area contributed by atoms with Crippen LogP contribution in [0.15, 0.2) is 48.7 Å². The minimum atomic E-state index is -1.64. The van der Waals surface area contributed by atoms with Crippen molar-refractivity contribution in [1.29, 1.82) is 0 Å². The van der Waals surface area contributed by atoms with Crippen molar-refractivity contribution >= 4 is 17.5 Å². The number of ketones is 1. The van der Waals surface area contributed by atoms with Gasteiger partial charge in [-0.25, -0.2) is 9.18 Å². The van der Waals surface area contributed by atoms with E-state index in [9.17, 15) is 19.1 Å². The molecule has 0 aliphatic rings. The van der Waals surface area contributed by atoms with Crippen LogP contribution in [0.5, 0.6) is 0 Å². The van der Waals surface area contributed by atoms with E-state index in [1.807, 2.05) is 0 Å². The number of halogens is 1. The van der Waals surface area contributed by atoms with Gasteiger partial charge in [0.2, 0.25) is 0 Å². The average Bonchev–Trinajstić information content (AvgIpc) is 2.89. The molecule has 0 atom stereocenters. The molecule has 1 aromatic heterocycles. The third kappa shape index (κ3) is 3.56. The quantitative estimate of drug-likeness (QED) is 0.502. The molecule has 0 aliphatic heterocycles. The number of nitrogens with zero attached hydrogens (tertiary/aromatic N) is 1. The number of carboxylic acids is 1. The molecule has 2 rings (SSSR count). The van der Waals surface area contributed by atoms with Crippen molar-refractivity contribution < 1.29 is 24.2 Å². The summed E-state index contributed by atoms with van der Waals surface area (Å²) in [6, 6.07) is 9.04. The molecule has 0 bridgehead atoms. The van der Waals surface area contributed by atoms with Crippen LogP contribution in [0.3, 0.4) is 0 Å². The molecule has 6 heteroatoms. The van der Waals surface area contributed by atoms with Crippen molar-refractivity contribution in [2.75, 3.05) is 0 Å². The van der Waals surface area contributed by atoms with Crippen LogP contribution >= 0.6 is 0 Å². The summed E-state index contributed by atoms with van der Waals surface area (Å²) < 4.78 is 14.5. The van der Waals surface area contributed by atoms with Crippen LogP contribution in [-0.2, 0) is 16.1 Å². The number of carboxylic acid groups (broad SMARTS) is 1. The van der Waals surface area contributed by atoms with Crippen molar-refractivity contribution in [1.82, 2.24) is 4.57 Å². The van der Waals surface area contributed by atoms with Gasteiger partial charge < -0.3 is 14.8 Å². The fraction of sp³-hybridized carbons (Fsp3) is 0.0667. The second-order valence-electron chi connectivity index (χ2n) is 4.35. The number of benzene rings is 1. The molecule has 0 radical (unpaired) electrons. The van der Waals surface area contributed by atoms with Crippen LogP contribution in [0.25, 0.3) is 5.76 Å². The lowest BCUT2D eigenvalue weighted by atomic mass is 10.2. The smallest absolute Gasteiger partial charge is 0.376 e. The zero-order valence-electron chi connectivity index (χ0n) is 10.9. The highest BCUT2D eigenvalue weighted by atomic mass is 19.1. The van der Waals surface area contributed by atoms with Gasteiger partial charge in [-0.2, -0.15) is 0 Å². The molecule has 5 nitrogen and oxygen atoms in total. The number of aliphatic hydroxyl groups is 1. The SMILES string of the molecule is O=C(O)C(=O)/C=C(\O)c1cccn1Cc1ccc(F)cc1. The standard InChI is InChI=1S/C15H12FNO4/c16-11-5-3-10(4-6-11)9-17-7-1-2-12(17)13(18)8-14(19)15(20)21/h1-8,18H,9H2,(H,20,21)/b13-8-. The summed E-state index contributed by atoms with van der Waals surface area (Å²) in [6.45, 7) is 0.349. The normalized spacial score (nSPS) is 11.4. The zero-order chi connectivity index (χ0) is 15.4. The van der Waals surface area contributed by atoms with Gasteiger partial charge in [-0.1, -0.05) is 12.1 Å². The van der Waals surface area contributed by atoms with E-state index in [1.165, 1.54) is 12.1 Å². The van der Waals surface area contributed by atoms with Crippen LogP contribution in [0, 0.1) is 5.82 Å². The number of aliphatic hydroxyl groups excluding tert-OH is 1. The summed E-state index contributed by atoms with van der Waals surface area (Å²) in [5.41, 5.74) is 1.10. The number of aliphatic carboxylic acids is 1. The molecule has 0 saturated heterocycles. The predicted molar refractivity (Wildman–Crippen MR) is 73.2 cm³/mol. The molecule has 0 unspecified atom stereocenters. The third-order valence-electron chi connectivity index (χ3n) is 2.84. The number of rotatable bonds is 5. The lowest BCUT2D eigenvalue weighted by Crippen LogP contribution is -2.10. The van der Waals surface area contributed by atoms with Crippen molar-refractivity contribution in [2.24, 2.45) is 0 Å². The third-order valence-corrected chi connectivity index (χ3v) is 2.84. The minimum Gasteiger partial charge on any atom is -0.506 e. The maximum Gasteiger partial charge on any atom is 0.376 e. The van der Waals surface area contributed by atoms with E-state index in [2.05, 4.69) is 0 Å². The Balaban J connectivity index is 2.24. The Labute approximate surface area is 119 Å². The summed E-state index contributed by atoms with van der Waals surface area (Å²) in [6.07, 6.45) is 2.31. The maximum absolute atomic E-state index is 12.8. The van der Waals surface area contributed by atoms with Gasteiger partial charge in [0.05, 0.1) is 5.69 Å². The van der Waals surface area contributed by atoms with Gasteiger partial charge in [0.1, 0.15) is 11.6 Å². The molecule has 2 aromatic rings. The summed E-state index contributed by atoms with van der Waals surface area (Å²) in [5, 5.41) is 18.3. The number of aromatic nitrogens is 1. The van der Waals surface area contributed by atoms with Crippen LogP contribution < -0.4 is 0 Å². The van der Waals surface area contributed by atoms with Gasteiger partial charge in [-0.15, -0.1) is 0 Å².